The van der Waals surface area contributed by atoms with Crippen LogP contribution in [-0.2, 0) is 0 Å². The van der Waals surface area contributed by atoms with E-state index < -0.39 is 17.7 Å². The Morgan fingerprint density at radius 3 is 2.60 bits per heavy atom. The first kappa shape index (κ1) is 13.7. The van der Waals surface area contributed by atoms with Gasteiger partial charge in [-0.2, -0.15) is 0 Å². The second-order valence-electron chi connectivity index (χ2n) is 4.15. The molecule has 0 atom stereocenters. The normalized spacial score (nSPS) is 10.1. The molecular weight excluding hydrogens is 263 g/mol. The van der Waals surface area contributed by atoms with Crippen LogP contribution in [0.3, 0.4) is 0 Å². The Kier molecular flexibility index (Phi) is 3.74. The van der Waals surface area contributed by atoms with E-state index in [1.54, 1.807) is 13.0 Å². The number of nitrogens with zero attached hydrogens (tertiary/aromatic N) is 1. The fourth-order valence-electron chi connectivity index (χ4n) is 1.57. The maximum Gasteiger partial charge on any atom is 0.337 e. The largest absolute Gasteiger partial charge is 0.478 e. The Bertz CT molecular complexity index is 669. The molecule has 2 N–H and O–H groups in total. The SMILES string of the molecule is Cc1ccc(F)cc1NC(=O)c1ccc(C(=O)O)cn1. The first-order valence-corrected chi connectivity index (χ1v) is 5.74. The van der Waals surface area contributed by atoms with E-state index in [0.717, 1.165) is 6.20 Å². The summed E-state index contributed by atoms with van der Waals surface area (Å²) in [6.07, 6.45) is 1.09. The minimum absolute atomic E-state index is 0.0107. The summed E-state index contributed by atoms with van der Waals surface area (Å²) in [5.74, 6) is -2.11. The molecule has 20 heavy (non-hydrogen) atoms. The van der Waals surface area contributed by atoms with Gasteiger partial charge in [-0.3, -0.25) is 9.78 Å². The van der Waals surface area contributed by atoms with Crippen molar-refractivity contribution in [1.29, 1.82) is 0 Å². The molecule has 5 nitrogen and oxygen atoms in total. The zero-order valence-electron chi connectivity index (χ0n) is 10.6. The summed E-state index contributed by atoms with van der Waals surface area (Å²) in [5.41, 5.74) is 1.10. The van der Waals surface area contributed by atoms with Crippen molar-refractivity contribution in [3.63, 3.8) is 0 Å². The lowest BCUT2D eigenvalue weighted by Crippen LogP contribution is -2.15. The van der Waals surface area contributed by atoms with Gasteiger partial charge in [0, 0.05) is 11.9 Å². The van der Waals surface area contributed by atoms with Crippen molar-refractivity contribution in [3.05, 3.63) is 59.2 Å². The van der Waals surface area contributed by atoms with Crippen molar-refractivity contribution in [1.82, 2.24) is 4.98 Å². The number of aromatic nitrogens is 1. The van der Waals surface area contributed by atoms with Crippen LogP contribution in [0.25, 0.3) is 0 Å². The Hall–Kier alpha value is -2.76. The van der Waals surface area contributed by atoms with E-state index in [1.807, 2.05) is 0 Å². The monoisotopic (exact) mass is 274 g/mol. The zero-order valence-corrected chi connectivity index (χ0v) is 10.6. The topological polar surface area (TPSA) is 79.3 Å². The third-order valence-electron chi connectivity index (χ3n) is 2.69. The second-order valence-corrected chi connectivity index (χ2v) is 4.15. The van der Waals surface area contributed by atoms with Gasteiger partial charge in [0.25, 0.3) is 5.91 Å². The van der Waals surface area contributed by atoms with Crippen molar-refractivity contribution in [2.24, 2.45) is 0 Å². The fourth-order valence-corrected chi connectivity index (χ4v) is 1.57. The number of anilines is 1. The molecule has 0 spiro atoms. The maximum absolute atomic E-state index is 13.1. The molecule has 0 aliphatic rings. The third-order valence-corrected chi connectivity index (χ3v) is 2.69. The molecule has 0 fully saturated rings. The van der Waals surface area contributed by atoms with E-state index in [-0.39, 0.29) is 11.3 Å². The quantitative estimate of drug-likeness (QED) is 0.901. The average Bonchev–Trinajstić information content (AvgIpc) is 2.43. The number of pyridine rings is 1. The number of carboxylic acids is 1. The molecular formula is C14H11FN2O3. The molecule has 0 saturated carbocycles. The summed E-state index contributed by atoms with van der Waals surface area (Å²) >= 11 is 0. The first-order valence-electron chi connectivity index (χ1n) is 5.74. The van der Waals surface area contributed by atoms with Gasteiger partial charge in [0.05, 0.1) is 5.56 Å². The van der Waals surface area contributed by atoms with E-state index in [2.05, 4.69) is 10.3 Å². The Morgan fingerprint density at radius 2 is 2.00 bits per heavy atom. The highest BCUT2D eigenvalue weighted by molar-refractivity contribution is 6.03. The molecule has 2 aromatic rings. The highest BCUT2D eigenvalue weighted by Crippen LogP contribution is 2.16. The van der Waals surface area contributed by atoms with Crippen molar-refractivity contribution < 1.29 is 19.1 Å². The van der Waals surface area contributed by atoms with Crippen molar-refractivity contribution in [2.45, 2.75) is 6.92 Å². The van der Waals surface area contributed by atoms with E-state index in [4.69, 9.17) is 5.11 Å². The molecule has 1 amide bonds. The van der Waals surface area contributed by atoms with Crippen LogP contribution >= 0.6 is 0 Å². The highest BCUT2D eigenvalue weighted by Gasteiger charge is 2.11. The zero-order chi connectivity index (χ0) is 14.7. The summed E-state index contributed by atoms with van der Waals surface area (Å²) < 4.78 is 13.1. The molecule has 0 bridgehead atoms. The minimum atomic E-state index is -1.12. The number of nitrogens with one attached hydrogen (secondary N) is 1. The molecule has 1 aromatic heterocycles. The van der Waals surface area contributed by atoms with E-state index in [9.17, 15) is 14.0 Å². The molecule has 6 heteroatoms. The summed E-state index contributed by atoms with van der Waals surface area (Å²) in [7, 11) is 0. The van der Waals surface area contributed by atoms with Gasteiger partial charge in [0.15, 0.2) is 0 Å². The predicted octanol–water partition coefficient (Wildman–Crippen LogP) is 2.48. The summed E-state index contributed by atoms with van der Waals surface area (Å²) in [6.45, 7) is 1.73. The number of carbonyl (C=O) groups is 2. The summed E-state index contributed by atoms with van der Waals surface area (Å²) in [5, 5.41) is 11.3. The molecule has 1 heterocycles. The van der Waals surface area contributed by atoms with E-state index in [0.29, 0.717) is 11.3 Å². The standard InChI is InChI=1S/C14H11FN2O3/c1-8-2-4-10(15)6-12(8)17-13(18)11-5-3-9(7-16-11)14(19)20/h2-7H,1H3,(H,17,18)(H,19,20). The Morgan fingerprint density at radius 1 is 1.25 bits per heavy atom. The lowest BCUT2D eigenvalue weighted by Gasteiger charge is -2.08. The number of amides is 1. The van der Waals surface area contributed by atoms with E-state index >= 15 is 0 Å². The van der Waals surface area contributed by atoms with Crippen LogP contribution in [0.5, 0.6) is 0 Å². The molecule has 0 unspecified atom stereocenters. The van der Waals surface area contributed by atoms with Crippen LogP contribution in [0, 0.1) is 12.7 Å². The molecule has 0 saturated heterocycles. The number of benzene rings is 1. The van der Waals surface area contributed by atoms with Gasteiger partial charge < -0.3 is 10.4 Å². The van der Waals surface area contributed by atoms with Crippen molar-refractivity contribution >= 4 is 17.6 Å². The van der Waals surface area contributed by atoms with Crippen LogP contribution in [0.4, 0.5) is 10.1 Å². The predicted molar refractivity (Wildman–Crippen MR) is 70.3 cm³/mol. The van der Waals surface area contributed by atoms with Gasteiger partial charge in [-0.1, -0.05) is 6.07 Å². The average molecular weight is 274 g/mol. The molecule has 0 aliphatic carbocycles. The minimum Gasteiger partial charge on any atom is -0.478 e. The van der Waals surface area contributed by atoms with Gasteiger partial charge in [-0.15, -0.1) is 0 Å². The van der Waals surface area contributed by atoms with Crippen LogP contribution in [-0.4, -0.2) is 22.0 Å². The van der Waals surface area contributed by atoms with E-state index in [1.165, 1.54) is 24.3 Å². The van der Waals surface area contributed by atoms with Crippen LogP contribution in [0.15, 0.2) is 36.5 Å². The molecule has 2 rings (SSSR count). The lowest BCUT2D eigenvalue weighted by molar-refractivity contribution is 0.0696. The molecule has 0 aliphatic heterocycles. The molecule has 0 radical (unpaired) electrons. The van der Waals surface area contributed by atoms with Gasteiger partial charge in [-0.25, -0.2) is 9.18 Å². The van der Waals surface area contributed by atoms with Crippen LogP contribution in [0.1, 0.15) is 26.4 Å². The van der Waals surface area contributed by atoms with Crippen molar-refractivity contribution in [3.8, 4) is 0 Å². The summed E-state index contributed by atoms with van der Waals surface area (Å²) in [4.78, 5) is 26.3. The Balaban J connectivity index is 2.19. The number of hydrogen-bond acceptors (Lipinski definition) is 3. The third kappa shape index (κ3) is 2.97. The summed E-state index contributed by atoms with van der Waals surface area (Å²) in [6, 6.07) is 6.63. The number of aromatic carboxylic acids is 1. The van der Waals surface area contributed by atoms with Gasteiger partial charge >= 0.3 is 5.97 Å². The number of carbonyl (C=O) groups excluding carboxylic acids is 1. The maximum atomic E-state index is 13.1. The fraction of sp³-hybridized carbons (Fsp3) is 0.0714. The molecule has 102 valence electrons. The van der Waals surface area contributed by atoms with Crippen LogP contribution in [0.2, 0.25) is 0 Å². The lowest BCUT2D eigenvalue weighted by atomic mass is 10.2. The van der Waals surface area contributed by atoms with Gasteiger partial charge in [0.1, 0.15) is 11.5 Å². The number of carboxylic acid groups (broad SMARTS) is 1. The van der Waals surface area contributed by atoms with Gasteiger partial charge in [-0.05, 0) is 36.8 Å². The van der Waals surface area contributed by atoms with Crippen molar-refractivity contribution in [2.75, 3.05) is 5.32 Å². The number of aryl methyl sites for hydroxylation is 1. The second kappa shape index (κ2) is 5.48. The number of hydrogen-bond donors (Lipinski definition) is 2. The number of rotatable bonds is 3. The van der Waals surface area contributed by atoms with Gasteiger partial charge in [0.2, 0.25) is 0 Å². The first-order chi connectivity index (χ1) is 9.47. The number of halogens is 1. The Labute approximate surface area is 114 Å². The van der Waals surface area contributed by atoms with Crippen LogP contribution < -0.4 is 5.32 Å². The highest BCUT2D eigenvalue weighted by atomic mass is 19.1. The molecule has 1 aromatic carbocycles. The smallest absolute Gasteiger partial charge is 0.337 e.